The molecule has 0 amide bonds. The summed E-state index contributed by atoms with van der Waals surface area (Å²) in [6.45, 7) is 5.62. The number of likely N-dealkylation sites (tertiary alicyclic amines) is 1. The first-order valence-electron chi connectivity index (χ1n) is 9.34. The maximum absolute atomic E-state index is 4.28. The quantitative estimate of drug-likeness (QED) is 0.627. The lowest BCUT2D eigenvalue weighted by Gasteiger charge is -2.16. The zero-order chi connectivity index (χ0) is 17.8. The number of hydrogen-bond acceptors (Lipinski definition) is 4. The highest BCUT2D eigenvalue weighted by atomic mass is 32.1. The molecule has 26 heavy (non-hydrogen) atoms. The van der Waals surface area contributed by atoms with Gasteiger partial charge in [-0.2, -0.15) is 5.10 Å². The normalized spacial score (nSPS) is 15.2. The molecule has 0 spiro atoms. The summed E-state index contributed by atoms with van der Waals surface area (Å²) in [5.74, 6) is 0. The molecular weight excluding hydrogens is 340 g/mol. The van der Waals surface area contributed by atoms with Crippen LogP contribution in [0.3, 0.4) is 0 Å². The van der Waals surface area contributed by atoms with E-state index < -0.39 is 0 Å². The molecular formula is C21H26N4S. The van der Waals surface area contributed by atoms with Crippen LogP contribution >= 0.6 is 11.3 Å². The molecule has 4 rings (SSSR count). The highest BCUT2D eigenvalue weighted by Gasteiger charge is 2.13. The fourth-order valence-corrected chi connectivity index (χ4v) is 4.70. The number of thiophene rings is 1. The lowest BCUT2D eigenvalue weighted by molar-refractivity contribution is 0.322. The fraction of sp³-hybridized carbons (Fsp3) is 0.381. The van der Waals surface area contributed by atoms with Gasteiger partial charge < -0.3 is 0 Å². The molecule has 0 unspecified atom stereocenters. The Bertz CT molecular complexity index is 801. The maximum atomic E-state index is 4.28. The van der Waals surface area contributed by atoms with Crippen LogP contribution in [0, 0.1) is 0 Å². The van der Waals surface area contributed by atoms with E-state index in [1.807, 2.05) is 28.3 Å². The molecule has 0 atom stereocenters. The molecule has 2 aromatic heterocycles. The van der Waals surface area contributed by atoms with Gasteiger partial charge in [-0.05, 0) is 68.9 Å². The Kier molecular flexibility index (Phi) is 5.48. The largest absolute Gasteiger partial charge is 0.298 e. The zero-order valence-electron chi connectivity index (χ0n) is 15.3. The molecule has 1 fully saturated rings. The van der Waals surface area contributed by atoms with E-state index in [1.54, 1.807) is 6.20 Å². The Morgan fingerprint density at radius 3 is 2.50 bits per heavy atom. The van der Waals surface area contributed by atoms with Gasteiger partial charge in [0.25, 0.3) is 0 Å². The van der Waals surface area contributed by atoms with Gasteiger partial charge in [-0.15, -0.1) is 11.3 Å². The zero-order valence-corrected chi connectivity index (χ0v) is 16.2. The van der Waals surface area contributed by atoms with Gasteiger partial charge in [-0.25, -0.2) is 4.68 Å². The monoisotopic (exact) mass is 366 g/mol. The van der Waals surface area contributed by atoms with E-state index in [0.717, 1.165) is 25.3 Å². The number of nitrogens with zero attached hydrogens (tertiary/aromatic N) is 4. The minimum absolute atomic E-state index is 0.957. The van der Waals surface area contributed by atoms with Crippen LogP contribution in [0.25, 0.3) is 5.69 Å². The van der Waals surface area contributed by atoms with Crippen molar-refractivity contribution in [2.45, 2.75) is 32.5 Å². The van der Waals surface area contributed by atoms with Crippen LogP contribution in [-0.4, -0.2) is 39.7 Å². The third-order valence-corrected chi connectivity index (χ3v) is 5.93. The van der Waals surface area contributed by atoms with Crippen LogP contribution < -0.4 is 0 Å². The summed E-state index contributed by atoms with van der Waals surface area (Å²) in [7, 11) is 2.20. The van der Waals surface area contributed by atoms with Crippen molar-refractivity contribution in [1.29, 1.82) is 0 Å². The predicted molar refractivity (Wildman–Crippen MR) is 108 cm³/mol. The summed E-state index contributed by atoms with van der Waals surface area (Å²) in [5, 5.41) is 4.28. The van der Waals surface area contributed by atoms with E-state index in [1.165, 1.54) is 41.2 Å². The Labute approximate surface area is 159 Å². The second-order valence-corrected chi connectivity index (χ2v) is 8.39. The summed E-state index contributed by atoms with van der Waals surface area (Å²) in [4.78, 5) is 7.91. The first-order chi connectivity index (χ1) is 12.8. The molecule has 1 aliphatic heterocycles. The van der Waals surface area contributed by atoms with Crippen molar-refractivity contribution in [3.05, 3.63) is 70.2 Å². The highest BCUT2D eigenvalue weighted by molar-refractivity contribution is 7.11. The summed E-state index contributed by atoms with van der Waals surface area (Å²) in [5.41, 5.74) is 2.43. The summed E-state index contributed by atoms with van der Waals surface area (Å²) >= 11 is 1.96. The van der Waals surface area contributed by atoms with Crippen molar-refractivity contribution in [1.82, 2.24) is 19.6 Å². The van der Waals surface area contributed by atoms with Gasteiger partial charge in [0.2, 0.25) is 0 Å². The predicted octanol–water partition coefficient (Wildman–Crippen LogP) is 4.16. The van der Waals surface area contributed by atoms with Gasteiger partial charge in [0.15, 0.2) is 0 Å². The molecule has 3 heterocycles. The molecule has 4 nitrogen and oxygen atoms in total. The molecule has 5 heteroatoms. The van der Waals surface area contributed by atoms with Gasteiger partial charge in [0, 0.05) is 41.8 Å². The minimum atomic E-state index is 0.957. The Morgan fingerprint density at radius 2 is 1.77 bits per heavy atom. The SMILES string of the molecule is CN(Cc1ccc(-n2cccn2)cc1)Cc1ccc(CN2CCCC2)s1. The molecule has 1 aliphatic rings. The number of rotatable bonds is 7. The third-order valence-electron chi connectivity index (χ3n) is 4.88. The molecule has 3 aromatic rings. The fourth-order valence-electron chi connectivity index (χ4n) is 3.56. The molecule has 1 aromatic carbocycles. The topological polar surface area (TPSA) is 24.3 Å². The number of benzene rings is 1. The first-order valence-corrected chi connectivity index (χ1v) is 10.2. The second-order valence-electron chi connectivity index (χ2n) is 7.14. The summed E-state index contributed by atoms with van der Waals surface area (Å²) < 4.78 is 1.89. The lowest BCUT2D eigenvalue weighted by atomic mass is 10.2. The van der Waals surface area contributed by atoms with Crippen LogP contribution in [0.2, 0.25) is 0 Å². The van der Waals surface area contributed by atoms with E-state index in [-0.39, 0.29) is 0 Å². The van der Waals surface area contributed by atoms with E-state index in [4.69, 9.17) is 0 Å². The molecule has 0 aliphatic carbocycles. The van der Waals surface area contributed by atoms with Gasteiger partial charge in [0.1, 0.15) is 0 Å². The van der Waals surface area contributed by atoms with Crippen molar-refractivity contribution < 1.29 is 0 Å². The van der Waals surface area contributed by atoms with Crippen molar-refractivity contribution in [3.63, 3.8) is 0 Å². The van der Waals surface area contributed by atoms with Gasteiger partial charge >= 0.3 is 0 Å². The van der Waals surface area contributed by atoms with Crippen molar-refractivity contribution in [3.8, 4) is 5.69 Å². The average Bonchev–Trinajstić information content (AvgIpc) is 3.39. The molecule has 0 saturated carbocycles. The number of hydrogen-bond donors (Lipinski definition) is 0. The third kappa shape index (κ3) is 4.41. The smallest absolute Gasteiger partial charge is 0.0645 e. The van der Waals surface area contributed by atoms with E-state index in [0.29, 0.717) is 0 Å². The Hall–Kier alpha value is -1.95. The van der Waals surface area contributed by atoms with E-state index in [9.17, 15) is 0 Å². The van der Waals surface area contributed by atoms with Crippen LogP contribution in [0.5, 0.6) is 0 Å². The standard InChI is InChI=1S/C21H26N4S/c1-23(15-18-5-7-19(8-6-18)25-14-4-11-22-25)16-20-9-10-21(26-20)17-24-12-2-3-13-24/h4-11,14H,2-3,12-13,15-17H2,1H3. The second kappa shape index (κ2) is 8.16. The van der Waals surface area contributed by atoms with Crippen LogP contribution in [0.15, 0.2) is 54.9 Å². The molecule has 1 saturated heterocycles. The lowest BCUT2D eigenvalue weighted by Crippen LogP contribution is -2.17. The average molecular weight is 367 g/mol. The summed E-state index contributed by atoms with van der Waals surface area (Å²) in [6, 6.07) is 15.2. The molecule has 0 radical (unpaired) electrons. The minimum Gasteiger partial charge on any atom is -0.298 e. The number of aromatic nitrogens is 2. The summed E-state index contributed by atoms with van der Waals surface area (Å²) in [6.07, 6.45) is 6.50. The molecule has 136 valence electrons. The molecule has 0 bridgehead atoms. The van der Waals surface area contributed by atoms with Gasteiger partial charge in [0.05, 0.1) is 5.69 Å². The maximum Gasteiger partial charge on any atom is 0.0645 e. The first kappa shape index (κ1) is 17.5. The Balaban J connectivity index is 1.31. The van der Waals surface area contributed by atoms with Crippen molar-refractivity contribution >= 4 is 11.3 Å². The van der Waals surface area contributed by atoms with E-state index >= 15 is 0 Å². The van der Waals surface area contributed by atoms with E-state index in [2.05, 4.69) is 58.3 Å². The van der Waals surface area contributed by atoms with Crippen LogP contribution in [0.4, 0.5) is 0 Å². The Morgan fingerprint density at radius 1 is 1.00 bits per heavy atom. The van der Waals surface area contributed by atoms with Crippen LogP contribution in [0.1, 0.15) is 28.2 Å². The van der Waals surface area contributed by atoms with Crippen molar-refractivity contribution in [2.75, 3.05) is 20.1 Å². The van der Waals surface area contributed by atoms with Gasteiger partial charge in [-0.3, -0.25) is 9.80 Å². The van der Waals surface area contributed by atoms with Crippen molar-refractivity contribution in [2.24, 2.45) is 0 Å². The van der Waals surface area contributed by atoms with Crippen LogP contribution in [-0.2, 0) is 19.6 Å². The molecule has 0 N–H and O–H groups in total. The van der Waals surface area contributed by atoms with Gasteiger partial charge in [-0.1, -0.05) is 12.1 Å². The highest BCUT2D eigenvalue weighted by Crippen LogP contribution is 2.22.